The summed E-state index contributed by atoms with van der Waals surface area (Å²) in [5.41, 5.74) is 0.122. The summed E-state index contributed by atoms with van der Waals surface area (Å²) < 4.78 is 0. The minimum atomic E-state index is -0.484. The van der Waals surface area contributed by atoms with Crippen molar-refractivity contribution in [2.24, 2.45) is 0 Å². The van der Waals surface area contributed by atoms with Crippen LogP contribution in [0.15, 0.2) is 35.4 Å². The highest BCUT2D eigenvalue weighted by Gasteiger charge is 2.16. The molecule has 1 amide bonds. The number of amides is 1. The Morgan fingerprint density at radius 3 is 2.90 bits per heavy atom. The smallest absolute Gasteiger partial charge is 0.287 e. The van der Waals surface area contributed by atoms with E-state index in [1.165, 1.54) is 6.33 Å². The van der Waals surface area contributed by atoms with Crippen LogP contribution in [0.4, 0.5) is 0 Å². The first-order valence-electron chi connectivity index (χ1n) is 6.30. The summed E-state index contributed by atoms with van der Waals surface area (Å²) in [5, 5.41) is 9.51. The molecule has 1 atom stereocenters. The average Bonchev–Trinajstić information content (AvgIpc) is 3.01. The van der Waals surface area contributed by atoms with E-state index in [0.717, 1.165) is 0 Å². The zero-order valence-electron chi connectivity index (χ0n) is 11.1. The van der Waals surface area contributed by atoms with E-state index in [1.54, 1.807) is 31.2 Å². The molecule has 0 fully saturated rings. The van der Waals surface area contributed by atoms with Crippen LogP contribution in [0, 0.1) is 0 Å². The number of fused-ring (bicyclic) bond motifs is 1. The van der Waals surface area contributed by atoms with Crippen molar-refractivity contribution in [2.75, 3.05) is 0 Å². The van der Waals surface area contributed by atoms with Crippen LogP contribution in [0.1, 0.15) is 29.4 Å². The fourth-order valence-corrected chi connectivity index (χ4v) is 1.95. The van der Waals surface area contributed by atoms with Gasteiger partial charge in [-0.25, -0.2) is 9.97 Å². The first kappa shape index (κ1) is 13.0. The van der Waals surface area contributed by atoms with E-state index in [2.05, 4.69) is 30.5 Å². The predicted octanol–water partition coefficient (Wildman–Crippen LogP) is 0.532. The Hall–Kier alpha value is -3.03. The van der Waals surface area contributed by atoms with Crippen LogP contribution in [0.25, 0.3) is 10.9 Å². The number of nitrogens with one attached hydrogen (secondary N) is 3. The van der Waals surface area contributed by atoms with E-state index in [0.29, 0.717) is 16.7 Å². The highest BCUT2D eigenvalue weighted by Crippen LogP contribution is 2.08. The van der Waals surface area contributed by atoms with Gasteiger partial charge in [-0.15, -0.1) is 0 Å². The number of hydrogen-bond donors (Lipinski definition) is 3. The molecule has 0 spiro atoms. The number of rotatable bonds is 3. The zero-order chi connectivity index (χ0) is 14.8. The minimum Gasteiger partial charge on any atom is -0.340 e. The van der Waals surface area contributed by atoms with Gasteiger partial charge in [0.1, 0.15) is 12.2 Å². The Kier molecular flexibility index (Phi) is 3.19. The fraction of sp³-hybridized carbons (Fsp3) is 0.154. The molecule has 1 aromatic carbocycles. The van der Waals surface area contributed by atoms with E-state index in [1.807, 2.05) is 0 Å². The van der Waals surface area contributed by atoms with Gasteiger partial charge in [-0.1, -0.05) is 12.1 Å². The molecule has 0 radical (unpaired) electrons. The molecule has 0 aliphatic carbocycles. The quantitative estimate of drug-likeness (QED) is 0.648. The van der Waals surface area contributed by atoms with E-state index in [4.69, 9.17) is 0 Å². The third-order valence-electron chi connectivity index (χ3n) is 3.02. The van der Waals surface area contributed by atoms with E-state index in [9.17, 15) is 9.59 Å². The van der Waals surface area contributed by atoms with Crippen LogP contribution in [0.5, 0.6) is 0 Å². The van der Waals surface area contributed by atoms with Gasteiger partial charge in [0.2, 0.25) is 0 Å². The van der Waals surface area contributed by atoms with Crippen molar-refractivity contribution < 1.29 is 4.79 Å². The van der Waals surface area contributed by atoms with Gasteiger partial charge in [0.15, 0.2) is 5.82 Å². The lowest BCUT2D eigenvalue weighted by Crippen LogP contribution is -2.30. The Morgan fingerprint density at radius 1 is 1.33 bits per heavy atom. The zero-order valence-corrected chi connectivity index (χ0v) is 11.1. The number of hydrogen-bond acceptors (Lipinski definition) is 5. The summed E-state index contributed by atoms with van der Waals surface area (Å²) in [7, 11) is 0. The molecule has 0 bridgehead atoms. The Labute approximate surface area is 118 Å². The lowest BCUT2D eigenvalue weighted by molar-refractivity contribution is 0.0928. The van der Waals surface area contributed by atoms with Crippen LogP contribution in [-0.4, -0.2) is 31.1 Å². The summed E-state index contributed by atoms with van der Waals surface area (Å²) in [5.74, 6) is -0.00157. The molecule has 106 valence electrons. The van der Waals surface area contributed by atoms with Crippen LogP contribution in [0.2, 0.25) is 0 Å². The van der Waals surface area contributed by atoms with Gasteiger partial charge in [0, 0.05) is 0 Å². The SMILES string of the molecule is C[C@@H](NC(=O)c1nc2ccccc2c(=O)[nH]1)c1ncn[nH]1. The number of para-hydroxylation sites is 1. The monoisotopic (exact) mass is 284 g/mol. The topological polar surface area (TPSA) is 116 Å². The number of H-pyrrole nitrogens is 2. The third-order valence-corrected chi connectivity index (χ3v) is 3.02. The molecule has 3 rings (SSSR count). The number of carbonyl (C=O) groups excluding carboxylic acids is 1. The van der Waals surface area contributed by atoms with Gasteiger partial charge in [0.25, 0.3) is 11.5 Å². The highest BCUT2D eigenvalue weighted by molar-refractivity contribution is 5.92. The standard InChI is InChI=1S/C13H12N6O2/c1-7(10-14-6-15-19-10)16-13(21)11-17-9-5-3-2-4-8(9)12(20)18-11/h2-7H,1H3,(H,16,21)(H,14,15,19)(H,17,18,20)/t7-/m1/s1. The highest BCUT2D eigenvalue weighted by atomic mass is 16.2. The van der Waals surface area contributed by atoms with Crippen LogP contribution in [0.3, 0.4) is 0 Å². The van der Waals surface area contributed by atoms with E-state index < -0.39 is 5.91 Å². The fourth-order valence-electron chi connectivity index (χ4n) is 1.95. The lowest BCUT2D eigenvalue weighted by atomic mass is 10.2. The summed E-state index contributed by atoms with van der Waals surface area (Å²) in [6, 6.07) is 6.46. The molecular formula is C13H12N6O2. The van der Waals surface area contributed by atoms with Crippen molar-refractivity contribution in [3.8, 4) is 0 Å². The third kappa shape index (κ3) is 2.50. The normalized spacial score (nSPS) is 12.2. The second-order valence-corrected chi connectivity index (χ2v) is 4.50. The van der Waals surface area contributed by atoms with Crippen molar-refractivity contribution >= 4 is 16.8 Å². The number of carbonyl (C=O) groups is 1. The van der Waals surface area contributed by atoms with Crippen molar-refractivity contribution in [1.82, 2.24) is 30.5 Å². The Balaban J connectivity index is 1.90. The van der Waals surface area contributed by atoms with Crippen LogP contribution >= 0.6 is 0 Å². The lowest BCUT2D eigenvalue weighted by Gasteiger charge is -2.10. The largest absolute Gasteiger partial charge is 0.340 e. The molecule has 8 heteroatoms. The molecule has 2 aromatic heterocycles. The molecule has 0 aliphatic heterocycles. The van der Waals surface area contributed by atoms with E-state index >= 15 is 0 Å². The van der Waals surface area contributed by atoms with Gasteiger partial charge in [-0.3, -0.25) is 14.7 Å². The number of aromatic amines is 2. The van der Waals surface area contributed by atoms with Gasteiger partial charge < -0.3 is 10.3 Å². The van der Waals surface area contributed by atoms with Crippen molar-refractivity contribution in [2.45, 2.75) is 13.0 Å². The predicted molar refractivity (Wildman–Crippen MR) is 74.6 cm³/mol. The molecule has 0 saturated heterocycles. The molecule has 3 aromatic rings. The van der Waals surface area contributed by atoms with Gasteiger partial charge >= 0.3 is 0 Å². The second-order valence-electron chi connectivity index (χ2n) is 4.50. The van der Waals surface area contributed by atoms with Crippen molar-refractivity contribution in [1.29, 1.82) is 0 Å². The molecule has 2 heterocycles. The summed E-state index contributed by atoms with van der Waals surface area (Å²) >= 11 is 0. The molecule has 8 nitrogen and oxygen atoms in total. The summed E-state index contributed by atoms with van der Waals surface area (Å²) in [4.78, 5) is 34.6. The maximum atomic E-state index is 12.1. The molecule has 0 unspecified atom stereocenters. The molecule has 3 N–H and O–H groups in total. The molecule has 0 saturated carbocycles. The second kappa shape index (κ2) is 5.16. The first-order valence-corrected chi connectivity index (χ1v) is 6.30. The Morgan fingerprint density at radius 2 is 2.14 bits per heavy atom. The minimum absolute atomic E-state index is 0.0370. The number of aromatic nitrogens is 5. The average molecular weight is 284 g/mol. The van der Waals surface area contributed by atoms with Crippen LogP contribution in [-0.2, 0) is 0 Å². The number of nitrogens with zero attached hydrogens (tertiary/aromatic N) is 3. The summed E-state index contributed by atoms with van der Waals surface area (Å²) in [6.07, 6.45) is 1.36. The Bertz CT molecular complexity index is 839. The van der Waals surface area contributed by atoms with Gasteiger partial charge in [0.05, 0.1) is 16.9 Å². The van der Waals surface area contributed by atoms with Crippen molar-refractivity contribution in [3.63, 3.8) is 0 Å². The molecular weight excluding hydrogens is 272 g/mol. The van der Waals surface area contributed by atoms with Crippen LogP contribution < -0.4 is 10.9 Å². The van der Waals surface area contributed by atoms with E-state index in [-0.39, 0.29) is 17.4 Å². The van der Waals surface area contributed by atoms with Gasteiger partial charge in [-0.05, 0) is 19.1 Å². The molecule has 0 aliphatic rings. The maximum Gasteiger partial charge on any atom is 0.287 e. The number of benzene rings is 1. The van der Waals surface area contributed by atoms with Crippen molar-refractivity contribution in [3.05, 3.63) is 52.6 Å². The summed E-state index contributed by atoms with van der Waals surface area (Å²) in [6.45, 7) is 1.75. The molecule has 21 heavy (non-hydrogen) atoms. The maximum absolute atomic E-state index is 12.1. The first-order chi connectivity index (χ1) is 10.1. The van der Waals surface area contributed by atoms with Gasteiger partial charge in [-0.2, -0.15) is 5.10 Å².